The number of pyridine rings is 1. The molecular formula is C23H17N5O. The van der Waals surface area contributed by atoms with Gasteiger partial charge in [0.2, 0.25) is 5.91 Å². The molecule has 4 aromatic rings. The third kappa shape index (κ3) is 3.62. The minimum absolute atomic E-state index is 0.458. The standard InChI is InChI=1S/C23H17N5O/c1-28-11-10-26-23(28)21-13-19(16-6-8-18(9-7-16)22(25)29)12-20(27-21)17-4-2-15(14-24)3-5-17/h2-13H,1H3,(H2,25,29). The molecule has 0 bridgehead atoms. The molecule has 29 heavy (non-hydrogen) atoms. The third-order valence-corrected chi connectivity index (χ3v) is 4.69. The smallest absolute Gasteiger partial charge is 0.248 e. The van der Waals surface area contributed by atoms with Gasteiger partial charge < -0.3 is 10.3 Å². The molecule has 0 aliphatic carbocycles. The monoisotopic (exact) mass is 379 g/mol. The predicted molar refractivity (Wildman–Crippen MR) is 111 cm³/mol. The van der Waals surface area contributed by atoms with Crippen LogP contribution in [0.5, 0.6) is 0 Å². The Morgan fingerprint density at radius 1 is 0.966 bits per heavy atom. The van der Waals surface area contributed by atoms with Gasteiger partial charge >= 0.3 is 0 Å². The van der Waals surface area contributed by atoms with Crippen LogP contribution in [0.15, 0.2) is 73.1 Å². The Balaban J connectivity index is 1.87. The van der Waals surface area contributed by atoms with Crippen molar-refractivity contribution in [3.8, 4) is 40.0 Å². The predicted octanol–water partition coefficient (Wildman–Crippen LogP) is 3.79. The summed E-state index contributed by atoms with van der Waals surface area (Å²) in [7, 11) is 1.92. The minimum atomic E-state index is -0.460. The van der Waals surface area contributed by atoms with Gasteiger partial charge in [-0.05, 0) is 47.5 Å². The molecule has 0 spiro atoms. The SMILES string of the molecule is Cn1ccnc1-c1cc(-c2ccc(C(N)=O)cc2)cc(-c2ccc(C#N)cc2)n1. The number of nitrogens with zero attached hydrogens (tertiary/aromatic N) is 4. The summed E-state index contributed by atoms with van der Waals surface area (Å²) in [5.41, 5.74) is 10.7. The number of amides is 1. The molecule has 0 aliphatic rings. The van der Waals surface area contributed by atoms with Crippen LogP contribution in [0.1, 0.15) is 15.9 Å². The Hall–Kier alpha value is -4.24. The zero-order valence-electron chi connectivity index (χ0n) is 15.7. The van der Waals surface area contributed by atoms with Crippen LogP contribution in [0.4, 0.5) is 0 Å². The van der Waals surface area contributed by atoms with Crippen LogP contribution in [0, 0.1) is 11.3 Å². The fourth-order valence-electron chi connectivity index (χ4n) is 3.11. The first-order valence-electron chi connectivity index (χ1n) is 8.96. The number of hydrogen-bond donors (Lipinski definition) is 1. The first kappa shape index (κ1) is 18.1. The maximum absolute atomic E-state index is 11.4. The van der Waals surface area contributed by atoms with Gasteiger partial charge in [0.25, 0.3) is 0 Å². The third-order valence-electron chi connectivity index (χ3n) is 4.69. The molecule has 0 radical (unpaired) electrons. The van der Waals surface area contributed by atoms with Gasteiger partial charge in [0.1, 0.15) is 5.69 Å². The van der Waals surface area contributed by atoms with Gasteiger partial charge in [0.05, 0.1) is 17.3 Å². The van der Waals surface area contributed by atoms with Crippen LogP contribution in [0.25, 0.3) is 33.9 Å². The molecule has 0 atom stereocenters. The Labute approximate surface area is 167 Å². The molecule has 2 aromatic carbocycles. The van der Waals surface area contributed by atoms with Crippen LogP contribution in [0.3, 0.4) is 0 Å². The van der Waals surface area contributed by atoms with E-state index >= 15 is 0 Å². The second kappa shape index (κ2) is 7.41. The summed E-state index contributed by atoms with van der Waals surface area (Å²) in [6.07, 6.45) is 3.60. The number of benzene rings is 2. The van der Waals surface area contributed by atoms with Crippen molar-refractivity contribution in [2.75, 3.05) is 0 Å². The van der Waals surface area contributed by atoms with E-state index in [1.165, 1.54) is 0 Å². The number of aromatic nitrogens is 3. The normalized spacial score (nSPS) is 10.5. The highest BCUT2D eigenvalue weighted by Gasteiger charge is 2.12. The summed E-state index contributed by atoms with van der Waals surface area (Å²) in [6.45, 7) is 0. The van der Waals surface area contributed by atoms with E-state index in [9.17, 15) is 4.79 Å². The largest absolute Gasteiger partial charge is 0.366 e. The average molecular weight is 379 g/mol. The number of nitrogens with two attached hydrogens (primary N) is 1. The van der Waals surface area contributed by atoms with Crippen LogP contribution >= 0.6 is 0 Å². The molecule has 6 heteroatoms. The number of hydrogen-bond acceptors (Lipinski definition) is 4. The van der Waals surface area contributed by atoms with E-state index in [0.29, 0.717) is 11.1 Å². The number of aryl methyl sites for hydroxylation is 1. The Bertz CT molecular complexity index is 1230. The lowest BCUT2D eigenvalue weighted by molar-refractivity contribution is 0.100. The van der Waals surface area contributed by atoms with Crippen LogP contribution in [-0.4, -0.2) is 20.4 Å². The highest BCUT2D eigenvalue weighted by atomic mass is 16.1. The molecule has 140 valence electrons. The van der Waals surface area contributed by atoms with Crippen molar-refractivity contribution in [2.45, 2.75) is 0 Å². The van der Waals surface area contributed by atoms with Crippen molar-refractivity contribution in [2.24, 2.45) is 12.8 Å². The van der Waals surface area contributed by atoms with Crippen molar-refractivity contribution in [1.29, 1.82) is 5.26 Å². The van der Waals surface area contributed by atoms with Crippen molar-refractivity contribution in [3.05, 3.63) is 84.2 Å². The molecule has 2 aromatic heterocycles. The Morgan fingerprint density at radius 2 is 1.62 bits per heavy atom. The van der Waals surface area contributed by atoms with Crippen LogP contribution < -0.4 is 5.73 Å². The summed E-state index contributed by atoms with van der Waals surface area (Å²) in [6, 6.07) is 20.5. The van der Waals surface area contributed by atoms with E-state index in [4.69, 9.17) is 16.0 Å². The number of carbonyl (C=O) groups is 1. The van der Waals surface area contributed by atoms with Crippen molar-refractivity contribution in [3.63, 3.8) is 0 Å². The number of nitriles is 1. The quantitative estimate of drug-likeness (QED) is 0.583. The molecular weight excluding hydrogens is 362 g/mol. The average Bonchev–Trinajstić information content (AvgIpc) is 3.19. The van der Waals surface area contributed by atoms with E-state index in [-0.39, 0.29) is 0 Å². The van der Waals surface area contributed by atoms with Gasteiger partial charge in [-0.15, -0.1) is 0 Å². The molecule has 6 nitrogen and oxygen atoms in total. The zero-order valence-corrected chi connectivity index (χ0v) is 15.7. The second-order valence-electron chi connectivity index (χ2n) is 6.62. The summed E-state index contributed by atoms with van der Waals surface area (Å²) in [5.74, 6) is 0.286. The van der Waals surface area contributed by atoms with E-state index in [0.717, 1.165) is 33.9 Å². The molecule has 0 saturated carbocycles. The zero-order chi connectivity index (χ0) is 20.4. The molecule has 0 aliphatic heterocycles. The number of imidazole rings is 1. The first-order valence-corrected chi connectivity index (χ1v) is 8.96. The summed E-state index contributed by atoms with van der Waals surface area (Å²) in [5, 5.41) is 9.04. The first-order chi connectivity index (χ1) is 14.0. The van der Waals surface area contributed by atoms with Gasteiger partial charge in [-0.25, -0.2) is 9.97 Å². The van der Waals surface area contributed by atoms with Gasteiger partial charge in [-0.1, -0.05) is 24.3 Å². The van der Waals surface area contributed by atoms with Gasteiger partial charge in [-0.2, -0.15) is 5.26 Å². The molecule has 0 fully saturated rings. The van der Waals surface area contributed by atoms with Crippen molar-refractivity contribution >= 4 is 5.91 Å². The van der Waals surface area contributed by atoms with Crippen molar-refractivity contribution in [1.82, 2.24) is 14.5 Å². The highest BCUT2D eigenvalue weighted by molar-refractivity contribution is 5.93. The molecule has 2 N–H and O–H groups in total. The molecule has 1 amide bonds. The lowest BCUT2D eigenvalue weighted by atomic mass is 10.00. The summed E-state index contributed by atoms with van der Waals surface area (Å²) in [4.78, 5) is 20.6. The van der Waals surface area contributed by atoms with Gasteiger partial charge in [-0.3, -0.25) is 4.79 Å². The van der Waals surface area contributed by atoms with E-state index < -0.39 is 5.91 Å². The van der Waals surface area contributed by atoms with E-state index in [1.54, 1.807) is 30.5 Å². The van der Waals surface area contributed by atoms with E-state index in [2.05, 4.69) is 11.1 Å². The Morgan fingerprint density at radius 3 is 2.21 bits per heavy atom. The van der Waals surface area contributed by atoms with Crippen LogP contribution in [0.2, 0.25) is 0 Å². The molecule has 4 rings (SSSR count). The maximum Gasteiger partial charge on any atom is 0.248 e. The number of carbonyl (C=O) groups excluding carboxylic acids is 1. The molecule has 0 saturated heterocycles. The van der Waals surface area contributed by atoms with Crippen LogP contribution in [-0.2, 0) is 7.05 Å². The lowest BCUT2D eigenvalue weighted by Crippen LogP contribution is -2.10. The lowest BCUT2D eigenvalue weighted by Gasteiger charge is -2.10. The molecule has 0 unspecified atom stereocenters. The summed E-state index contributed by atoms with van der Waals surface area (Å²) < 4.78 is 1.91. The summed E-state index contributed by atoms with van der Waals surface area (Å²) >= 11 is 0. The van der Waals surface area contributed by atoms with E-state index in [1.807, 2.05) is 54.2 Å². The fraction of sp³-hybridized carbons (Fsp3) is 0.0435. The van der Waals surface area contributed by atoms with Gasteiger partial charge in [0, 0.05) is 30.6 Å². The highest BCUT2D eigenvalue weighted by Crippen LogP contribution is 2.30. The number of primary amides is 1. The Kier molecular flexibility index (Phi) is 4.63. The number of rotatable bonds is 4. The van der Waals surface area contributed by atoms with Crippen molar-refractivity contribution < 1.29 is 4.79 Å². The molecule has 2 heterocycles. The van der Waals surface area contributed by atoms with Gasteiger partial charge in [0.15, 0.2) is 5.82 Å². The maximum atomic E-state index is 11.4. The minimum Gasteiger partial charge on any atom is -0.366 e. The fourth-order valence-corrected chi connectivity index (χ4v) is 3.11. The second-order valence-corrected chi connectivity index (χ2v) is 6.62. The topological polar surface area (TPSA) is 97.6 Å².